The number of aryl methyl sites for hydroxylation is 2. The molecule has 0 aliphatic rings. The fraction of sp³-hybridized carbons (Fsp3) is 0.524. The number of benzene rings is 1. The van der Waals surface area contributed by atoms with Gasteiger partial charge in [-0.25, -0.2) is 0 Å². The van der Waals surface area contributed by atoms with Gasteiger partial charge in [0.25, 0.3) is 5.56 Å². The largest absolute Gasteiger partial charge is 0.396 e. The van der Waals surface area contributed by atoms with Gasteiger partial charge in [-0.15, -0.1) is 0 Å². The molecule has 0 spiro atoms. The van der Waals surface area contributed by atoms with Gasteiger partial charge in [-0.05, 0) is 55.7 Å². The lowest BCUT2D eigenvalue weighted by Crippen LogP contribution is -3.05. The molecule has 1 aromatic carbocycles. The van der Waals surface area contributed by atoms with Gasteiger partial charge in [0.05, 0.1) is 27.2 Å². The summed E-state index contributed by atoms with van der Waals surface area (Å²) in [5, 5.41) is 14.2. The molecule has 0 unspecified atom stereocenters. The van der Waals surface area contributed by atoms with E-state index in [4.69, 9.17) is 12.2 Å². The predicted octanol–water partition coefficient (Wildman–Crippen LogP) is 0.738. The molecular formula is C21H33N4O2S+. The van der Waals surface area contributed by atoms with Crippen molar-refractivity contribution < 1.29 is 10.0 Å². The maximum Gasteiger partial charge on any atom is 0.253 e. The Morgan fingerprint density at radius 2 is 2.00 bits per heavy atom. The van der Waals surface area contributed by atoms with Crippen molar-refractivity contribution in [1.29, 1.82) is 0 Å². The Morgan fingerprint density at radius 3 is 2.68 bits per heavy atom. The summed E-state index contributed by atoms with van der Waals surface area (Å²) < 4.78 is 0. The molecule has 4 N–H and O–H groups in total. The number of pyridine rings is 1. The molecule has 2 aromatic rings. The quantitative estimate of drug-likeness (QED) is 0.366. The standard InChI is InChI=1S/C21H32N4O2S/c1-15-11-16(2)18-13-17(20(27)23-19(18)12-15)14-25(9-6-10-26)21(28)22-7-5-8-24(3)4/h11-13,26H,5-10,14H2,1-4H3,(H,22,28)(H,23,27)/p+1. The summed E-state index contributed by atoms with van der Waals surface area (Å²) in [6, 6.07) is 6.08. The molecule has 7 heteroatoms. The van der Waals surface area contributed by atoms with Crippen LogP contribution in [0.2, 0.25) is 0 Å². The lowest BCUT2D eigenvalue weighted by Gasteiger charge is -2.26. The van der Waals surface area contributed by atoms with Crippen molar-refractivity contribution in [1.82, 2.24) is 15.2 Å². The van der Waals surface area contributed by atoms with Gasteiger partial charge < -0.3 is 25.2 Å². The van der Waals surface area contributed by atoms with Crippen LogP contribution in [0.3, 0.4) is 0 Å². The smallest absolute Gasteiger partial charge is 0.253 e. The molecule has 1 heterocycles. The second kappa shape index (κ2) is 10.5. The van der Waals surface area contributed by atoms with Gasteiger partial charge in [0.1, 0.15) is 0 Å². The Kier molecular flexibility index (Phi) is 8.41. The number of hydrogen-bond donors (Lipinski definition) is 4. The van der Waals surface area contributed by atoms with E-state index in [-0.39, 0.29) is 12.2 Å². The molecule has 0 saturated heterocycles. The maximum atomic E-state index is 12.6. The number of rotatable bonds is 9. The second-order valence-electron chi connectivity index (χ2n) is 7.71. The number of thiocarbonyl (C=S) groups is 1. The lowest BCUT2D eigenvalue weighted by atomic mass is 10.0. The highest BCUT2D eigenvalue weighted by Gasteiger charge is 2.14. The number of hydrogen-bond acceptors (Lipinski definition) is 3. The van der Waals surface area contributed by atoms with E-state index in [0.29, 0.717) is 30.2 Å². The number of nitrogens with zero attached hydrogens (tertiary/aromatic N) is 1. The van der Waals surface area contributed by atoms with Gasteiger partial charge >= 0.3 is 0 Å². The molecule has 0 bridgehead atoms. The molecular weight excluding hydrogens is 372 g/mol. The molecule has 2 rings (SSSR count). The normalized spacial score (nSPS) is 11.2. The molecule has 0 fully saturated rings. The molecule has 0 atom stereocenters. The molecule has 0 aliphatic carbocycles. The van der Waals surface area contributed by atoms with Crippen molar-refractivity contribution in [2.45, 2.75) is 33.2 Å². The Balaban J connectivity index is 2.17. The van der Waals surface area contributed by atoms with Gasteiger partial charge in [-0.2, -0.15) is 0 Å². The Morgan fingerprint density at radius 1 is 1.25 bits per heavy atom. The lowest BCUT2D eigenvalue weighted by molar-refractivity contribution is -0.858. The van der Waals surface area contributed by atoms with Crippen LogP contribution >= 0.6 is 12.2 Å². The zero-order valence-corrected chi connectivity index (χ0v) is 18.2. The highest BCUT2D eigenvalue weighted by atomic mass is 32.1. The maximum absolute atomic E-state index is 12.6. The van der Waals surface area contributed by atoms with Crippen molar-refractivity contribution >= 4 is 28.2 Å². The summed E-state index contributed by atoms with van der Waals surface area (Å²) in [6.45, 7) is 7.06. The number of H-pyrrole nitrogens is 1. The van der Waals surface area contributed by atoms with Gasteiger partial charge in [0, 0.05) is 42.6 Å². The van der Waals surface area contributed by atoms with E-state index in [9.17, 15) is 9.90 Å². The third-order valence-corrected chi connectivity index (χ3v) is 5.16. The van der Waals surface area contributed by atoms with Crippen LogP contribution < -0.4 is 15.8 Å². The summed E-state index contributed by atoms with van der Waals surface area (Å²) in [6.07, 6.45) is 1.62. The number of nitrogens with one attached hydrogen (secondary N) is 3. The number of fused-ring (bicyclic) bond motifs is 1. The van der Waals surface area contributed by atoms with Crippen LogP contribution in [-0.4, -0.2) is 60.4 Å². The van der Waals surface area contributed by atoms with Crippen LogP contribution in [0.15, 0.2) is 23.0 Å². The van der Waals surface area contributed by atoms with E-state index < -0.39 is 0 Å². The topological polar surface area (TPSA) is 72.8 Å². The van der Waals surface area contributed by atoms with E-state index in [0.717, 1.165) is 41.5 Å². The molecule has 0 amide bonds. The average Bonchev–Trinajstić information content (AvgIpc) is 2.62. The Bertz CT molecular complexity index is 863. The number of aromatic amines is 1. The average molecular weight is 406 g/mol. The fourth-order valence-corrected chi connectivity index (χ4v) is 3.56. The zero-order valence-electron chi connectivity index (χ0n) is 17.4. The summed E-state index contributed by atoms with van der Waals surface area (Å²) in [7, 11) is 4.25. The Labute approximate surface area is 172 Å². The minimum Gasteiger partial charge on any atom is -0.396 e. The third kappa shape index (κ3) is 6.29. The minimum absolute atomic E-state index is 0.0921. The predicted molar refractivity (Wildman–Crippen MR) is 119 cm³/mol. The van der Waals surface area contributed by atoms with Crippen molar-refractivity contribution in [2.75, 3.05) is 40.3 Å². The number of aliphatic hydroxyl groups excluding tert-OH is 1. The first kappa shape index (κ1) is 22.3. The summed E-state index contributed by atoms with van der Waals surface area (Å²) in [5.41, 5.74) is 3.72. The number of aromatic nitrogens is 1. The van der Waals surface area contributed by atoms with E-state index >= 15 is 0 Å². The van der Waals surface area contributed by atoms with Crippen LogP contribution in [-0.2, 0) is 6.54 Å². The van der Waals surface area contributed by atoms with Crippen LogP contribution in [0, 0.1) is 13.8 Å². The SMILES string of the molecule is Cc1cc(C)c2cc(CN(CCCO)C(=S)NCCC[NH+](C)C)c(=O)[nH]c2c1. The van der Waals surface area contributed by atoms with Crippen LogP contribution in [0.1, 0.15) is 29.5 Å². The first-order valence-corrected chi connectivity index (χ1v) is 10.3. The van der Waals surface area contributed by atoms with Gasteiger partial charge in [-0.3, -0.25) is 4.79 Å². The third-order valence-electron chi connectivity index (χ3n) is 4.75. The molecule has 6 nitrogen and oxygen atoms in total. The van der Waals surface area contributed by atoms with Crippen molar-refractivity contribution in [2.24, 2.45) is 0 Å². The molecule has 1 aromatic heterocycles. The minimum atomic E-state index is -0.0921. The summed E-state index contributed by atoms with van der Waals surface area (Å²) in [5.74, 6) is 0. The van der Waals surface area contributed by atoms with Crippen LogP contribution in [0.25, 0.3) is 10.9 Å². The van der Waals surface area contributed by atoms with E-state index in [1.807, 2.05) is 24.0 Å². The van der Waals surface area contributed by atoms with E-state index in [1.54, 1.807) is 0 Å². The number of quaternary nitrogens is 1. The second-order valence-corrected chi connectivity index (χ2v) is 8.09. The molecule has 28 heavy (non-hydrogen) atoms. The van der Waals surface area contributed by atoms with Crippen molar-refractivity contribution in [3.63, 3.8) is 0 Å². The highest BCUT2D eigenvalue weighted by Crippen LogP contribution is 2.19. The monoisotopic (exact) mass is 405 g/mol. The van der Waals surface area contributed by atoms with E-state index in [1.165, 1.54) is 4.90 Å². The molecule has 0 radical (unpaired) electrons. The van der Waals surface area contributed by atoms with Crippen molar-refractivity contribution in [3.8, 4) is 0 Å². The summed E-state index contributed by atoms with van der Waals surface area (Å²) >= 11 is 5.56. The van der Waals surface area contributed by atoms with Gasteiger partial charge in [0.2, 0.25) is 0 Å². The molecule has 154 valence electrons. The zero-order chi connectivity index (χ0) is 20.7. The summed E-state index contributed by atoms with van der Waals surface area (Å²) in [4.78, 5) is 19.0. The highest BCUT2D eigenvalue weighted by molar-refractivity contribution is 7.80. The van der Waals surface area contributed by atoms with Gasteiger partial charge in [0.15, 0.2) is 5.11 Å². The first-order valence-electron chi connectivity index (χ1n) is 9.87. The first-order chi connectivity index (χ1) is 13.3. The van der Waals surface area contributed by atoms with Crippen molar-refractivity contribution in [3.05, 3.63) is 45.2 Å². The number of aliphatic hydroxyl groups is 1. The van der Waals surface area contributed by atoms with Gasteiger partial charge in [-0.1, -0.05) is 6.07 Å². The van der Waals surface area contributed by atoms with E-state index in [2.05, 4.69) is 37.4 Å². The van der Waals surface area contributed by atoms with Crippen LogP contribution in [0.5, 0.6) is 0 Å². The Hall–Kier alpha value is -1.96. The molecule has 0 aliphatic heterocycles. The van der Waals surface area contributed by atoms with Crippen LogP contribution in [0.4, 0.5) is 0 Å². The molecule has 0 saturated carbocycles. The fourth-order valence-electron chi connectivity index (χ4n) is 3.30.